The predicted molar refractivity (Wildman–Crippen MR) is 107 cm³/mol. The van der Waals surface area contributed by atoms with Crippen LogP contribution in [0.4, 0.5) is 13.2 Å². The van der Waals surface area contributed by atoms with Crippen LogP contribution < -0.4 is 4.74 Å². The van der Waals surface area contributed by atoms with Crippen molar-refractivity contribution in [3.8, 4) is 5.75 Å². The summed E-state index contributed by atoms with van der Waals surface area (Å²) >= 11 is 0. The Morgan fingerprint density at radius 3 is 2.21 bits per heavy atom. The first-order chi connectivity index (χ1) is 13.6. The fourth-order valence-corrected chi connectivity index (χ4v) is 3.27. The van der Waals surface area contributed by atoms with Crippen molar-refractivity contribution in [2.75, 3.05) is 0 Å². The lowest BCUT2D eigenvalue weighted by molar-refractivity contribution is 0.306. The van der Waals surface area contributed by atoms with E-state index < -0.39 is 17.5 Å². The molecule has 0 amide bonds. The van der Waals surface area contributed by atoms with Gasteiger partial charge in [0.15, 0.2) is 17.5 Å². The Balaban J connectivity index is 1.57. The van der Waals surface area contributed by atoms with Crippen LogP contribution in [0.3, 0.4) is 0 Å². The van der Waals surface area contributed by atoms with Gasteiger partial charge in [-0.3, -0.25) is 0 Å². The van der Waals surface area contributed by atoms with E-state index in [0.29, 0.717) is 12.4 Å². The molecule has 0 heterocycles. The zero-order valence-electron chi connectivity index (χ0n) is 16.1. The van der Waals surface area contributed by atoms with Crippen molar-refractivity contribution >= 4 is 10.8 Å². The van der Waals surface area contributed by atoms with Gasteiger partial charge in [-0.05, 0) is 53.6 Å². The molecule has 0 unspecified atom stereocenters. The molecule has 0 aliphatic carbocycles. The molecule has 0 spiro atoms. The maximum absolute atomic E-state index is 13.8. The van der Waals surface area contributed by atoms with Crippen molar-refractivity contribution in [1.82, 2.24) is 0 Å². The lowest BCUT2D eigenvalue weighted by Crippen LogP contribution is -1.97. The van der Waals surface area contributed by atoms with Crippen LogP contribution >= 0.6 is 0 Å². The van der Waals surface area contributed by atoms with Crippen LogP contribution in [0.15, 0.2) is 48.5 Å². The average Bonchev–Trinajstić information content (AvgIpc) is 2.71. The maximum Gasteiger partial charge on any atom is 0.195 e. The molecule has 0 radical (unpaired) electrons. The van der Waals surface area contributed by atoms with Gasteiger partial charge in [-0.2, -0.15) is 0 Å². The topological polar surface area (TPSA) is 9.23 Å². The van der Waals surface area contributed by atoms with Crippen molar-refractivity contribution in [3.05, 3.63) is 77.1 Å². The first kappa shape index (κ1) is 20.2. The van der Waals surface area contributed by atoms with Crippen LogP contribution in [-0.2, 0) is 13.0 Å². The Morgan fingerprint density at radius 2 is 1.46 bits per heavy atom. The molecule has 0 bridgehead atoms. The number of benzene rings is 3. The highest BCUT2D eigenvalue weighted by atomic mass is 19.2. The molecule has 0 atom stereocenters. The number of rotatable bonds is 9. The number of ether oxygens (including phenoxy) is 1. The van der Waals surface area contributed by atoms with Gasteiger partial charge in [0.25, 0.3) is 0 Å². The summed E-state index contributed by atoms with van der Waals surface area (Å²) in [5.74, 6) is -3.34. The summed E-state index contributed by atoms with van der Waals surface area (Å²) < 4.78 is 46.2. The molecule has 0 saturated carbocycles. The normalized spacial score (nSPS) is 11.1. The number of fused-ring (bicyclic) bond motifs is 1. The molecule has 0 fully saturated rings. The SMILES string of the molecule is CCCCCCCc1ccc(COc2ccc3c(F)c(F)c(F)cc3c2)cc1. The van der Waals surface area contributed by atoms with Crippen LogP contribution in [0.2, 0.25) is 0 Å². The summed E-state index contributed by atoms with van der Waals surface area (Å²) in [5, 5.41) is 0.307. The van der Waals surface area contributed by atoms with E-state index in [9.17, 15) is 13.2 Å². The Morgan fingerprint density at radius 1 is 0.750 bits per heavy atom. The number of hydrogen-bond donors (Lipinski definition) is 0. The Hall–Kier alpha value is -2.49. The van der Waals surface area contributed by atoms with E-state index in [2.05, 4.69) is 19.1 Å². The third-order valence-electron chi connectivity index (χ3n) is 4.94. The van der Waals surface area contributed by atoms with Crippen LogP contribution in [0.5, 0.6) is 5.75 Å². The number of unbranched alkanes of at least 4 members (excludes halogenated alkanes) is 4. The summed E-state index contributed by atoms with van der Waals surface area (Å²) in [6.45, 7) is 2.57. The molecular weight excluding hydrogens is 361 g/mol. The number of halogens is 3. The highest BCUT2D eigenvalue weighted by Gasteiger charge is 2.13. The van der Waals surface area contributed by atoms with E-state index in [1.54, 1.807) is 6.07 Å². The highest BCUT2D eigenvalue weighted by Crippen LogP contribution is 2.27. The predicted octanol–water partition coefficient (Wildman–Crippen LogP) is 7.35. The van der Waals surface area contributed by atoms with Crippen molar-refractivity contribution in [1.29, 1.82) is 0 Å². The quantitative estimate of drug-likeness (QED) is 0.276. The van der Waals surface area contributed by atoms with E-state index in [1.807, 2.05) is 12.1 Å². The Kier molecular flexibility index (Phi) is 6.96. The molecule has 0 N–H and O–H groups in total. The van der Waals surface area contributed by atoms with Gasteiger partial charge in [-0.15, -0.1) is 0 Å². The molecule has 148 valence electrons. The van der Waals surface area contributed by atoms with Crippen LogP contribution in [-0.4, -0.2) is 0 Å². The molecular formula is C24H25F3O. The summed E-state index contributed by atoms with van der Waals surface area (Å²) in [7, 11) is 0. The van der Waals surface area contributed by atoms with Gasteiger partial charge in [-0.1, -0.05) is 56.9 Å². The minimum atomic E-state index is -1.45. The van der Waals surface area contributed by atoms with Gasteiger partial charge in [0.05, 0.1) is 0 Å². The first-order valence-corrected chi connectivity index (χ1v) is 9.86. The molecule has 0 aliphatic heterocycles. The fourth-order valence-electron chi connectivity index (χ4n) is 3.27. The second-order valence-corrected chi connectivity index (χ2v) is 7.14. The van der Waals surface area contributed by atoms with Gasteiger partial charge < -0.3 is 4.74 Å². The van der Waals surface area contributed by atoms with Crippen molar-refractivity contribution in [3.63, 3.8) is 0 Å². The van der Waals surface area contributed by atoms with Crippen LogP contribution in [0, 0.1) is 17.5 Å². The first-order valence-electron chi connectivity index (χ1n) is 9.86. The summed E-state index contributed by atoms with van der Waals surface area (Å²) in [6.07, 6.45) is 7.43. The van der Waals surface area contributed by atoms with E-state index in [0.717, 1.165) is 18.1 Å². The molecule has 1 nitrogen and oxygen atoms in total. The Bertz CT molecular complexity index is 919. The van der Waals surface area contributed by atoms with E-state index >= 15 is 0 Å². The molecule has 3 aromatic rings. The molecule has 28 heavy (non-hydrogen) atoms. The van der Waals surface area contributed by atoms with Crippen LogP contribution in [0.1, 0.15) is 50.2 Å². The molecule has 0 saturated heterocycles. The minimum absolute atomic E-state index is 0.0366. The average molecular weight is 386 g/mol. The zero-order valence-corrected chi connectivity index (χ0v) is 16.1. The second kappa shape index (κ2) is 9.63. The van der Waals surface area contributed by atoms with Gasteiger partial charge in [0.1, 0.15) is 12.4 Å². The van der Waals surface area contributed by atoms with E-state index in [-0.39, 0.29) is 10.8 Å². The van der Waals surface area contributed by atoms with Crippen molar-refractivity contribution in [2.24, 2.45) is 0 Å². The molecule has 0 aliphatic rings. The third kappa shape index (κ3) is 5.06. The smallest absolute Gasteiger partial charge is 0.195 e. The Labute approximate surface area is 164 Å². The summed E-state index contributed by atoms with van der Waals surface area (Å²) in [6, 6.07) is 13.8. The van der Waals surface area contributed by atoms with Crippen molar-refractivity contribution < 1.29 is 17.9 Å². The molecule has 3 rings (SSSR count). The lowest BCUT2D eigenvalue weighted by Gasteiger charge is -2.09. The largest absolute Gasteiger partial charge is 0.489 e. The highest BCUT2D eigenvalue weighted by molar-refractivity contribution is 5.84. The molecule has 3 aromatic carbocycles. The fraction of sp³-hybridized carbons (Fsp3) is 0.333. The number of aryl methyl sites for hydroxylation is 1. The van der Waals surface area contributed by atoms with Gasteiger partial charge in [-0.25, -0.2) is 13.2 Å². The lowest BCUT2D eigenvalue weighted by atomic mass is 10.0. The third-order valence-corrected chi connectivity index (χ3v) is 4.94. The van der Waals surface area contributed by atoms with Gasteiger partial charge >= 0.3 is 0 Å². The zero-order chi connectivity index (χ0) is 19.9. The summed E-state index contributed by atoms with van der Waals surface area (Å²) in [5.41, 5.74) is 2.34. The summed E-state index contributed by atoms with van der Waals surface area (Å²) in [4.78, 5) is 0. The minimum Gasteiger partial charge on any atom is -0.489 e. The van der Waals surface area contributed by atoms with Gasteiger partial charge in [0.2, 0.25) is 0 Å². The molecule has 0 aromatic heterocycles. The molecule has 4 heteroatoms. The number of hydrogen-bond acceptors (Lipinski definition) is 1. The van der Waals surface area contributed by atoms with Crippen molar-refractivity contribution in [2.45, 2.75) is 52.1 Å². The van der Waals surface area contributed by atoms with Crippen LogP contribution in [0.25, 0.3) is 10.8 Å². The maximum atomic E-state index is 13.8. The standard InChI is InChI=1S/C24H25F3O/c1-2-3-4-5-6-7-17-8-10-18(11-9-17)16-28-20-12-13-21-19(14-20)15-22(25)24(27)23(21)26/h8-15H,2-7,16H2,1H3. The monoisotopic (exact) mass is 386 g/mol. The van der Waals surface area contributed by atoms with E-state index in [1.165, 1.54) is 49.8 Å². The van der Waals surface area contributed by atoms with E-state index in [4.69, 9.17) is 4.74 Å². The second-order valence-electron chi connectivity index (χ2n) is 7.14. The van der Waals surface area contributed by atoms with Gasteiger partial charge in [0, 0.05) is 5.39 Å².